The minimum absolute atomic E-state index is 0.149. The largest absolute Gasteiger partial charge is 0.0759 e. The van der Waals surface area contributed by atoms with Gasteiger partial charge in [-0.2, -0.15) is 0 Å². The van der Waals surface area contributed by atoms with E-state index in [-0.39, 0.29) is 10.8 Å². The van der Waals surface area contributed by atoms with Crippen molar-refractivity contribution in [1.82, 2.24) is 0 Å². The standard InChI is InChI=1S/C85H62/c1-84(2,3)66-47-64-38-37-61-39-43-67(72-46-42-65(48-66)77(64)79(61)72)57-33-29-56(30-34-57)63-41-45-69-68-44-40-62(49-75(68)85(4,5)76(69)50-63)55-27-25-53(26-28-55)51-21-23-52(24-22-51)54-31-35-60(36-32-54)81-71-18-10-9-17-70(71)80(59-13-7-6-8-14-59)82-73-19-11-15-58-16-12-20-74(78(58)73)83(81)82/h6-36,38-46,48-50H,37,47H2,1-5H3. The molecule has 402 valence electrons. The van der Waals surface area contributed by atoms with E-state index in [9.17, 15) is 0 Å². The summed E-state index contributed by atoms with van der Waals surface area (Å²) in [5.41, 5.74) is 35.5. The van der Waals surface area contributed by atoms with Crippen LogP contribution in [-0.2, 0) is 11.8 Å². The van der Waals surface area contributed by atoms with Crippen LogP contribution in [0.1, 0.15) is 68.9 Å². The van der Waals surface area contributed by atoms with Gasteiger partial charge in [-0.3, -0.25) is 0 Å². The Morgan fingerprint density at radius 2 is 0.788 bits per heavy atom. The van der Waals surface area contributed by atoms with Crippen LogP contribution in [0.3, 0.4) is 0 Å². The Balaban J connectivity index is 0.620. The molecule has 17 rings (SSSR count). The molecule has 0 bridgehead atoms. The molecule has 0 aliphatic heterocycles. The summed E-state index contributed by atoms with van der Waals surface area (Å²) in [4.78, 5) is 0. The number of benzene rings is 13. The molecular formula is C85H62. The van der Waals surface area contributed by atoms with Gasteiger partial charge >= 0.3 is 0 Å². The third kappa shape index (κ3) is 7.68. The highest BCUT2D eigenvalue weighted by Crippen LogP contribution is 2.58. The Morgan fingerprint density at radius 1 is 0.329 bits per heavy atom. The maximum Gasteiger partial charge on any atom is 0.0159 e. The zero-order valence-electron chi connectivity index (χ0n) is 48.7. The molecule has 0 heterocycles. The van der Waals surface area contributed by atoms with Crippen molar-refractivity contribution in [2.75, 3.05) is 0 Å². The van der Waals surface area contributed by atoms with Gasteiger partial charge in [0, 0.05) is 5.41 Å². The summed E-state index contributed by atoms with van der Waals surface area (Å²) in [6.45, 7) is 11.8. The fourth-order valence-corrected chi connectivity index (χ4v) is 15.3. The van der Waals surface area contributed by atoms with Gasteiger partial charge in [0.25, 0.3) is 0 Å². The molecule has 0 nitrogen and oxygen atoms in total. The predicted octanol–water partition coefficient (Wildman–Crippen LogP) is 23.5. The van der Waals surface area contributed by atoms with Gasteiger partial charge in [0.2, 0.25) is 0 Å². The minimum atomic E-state index is -0.149. The van der Waals surface area contributed by atoms with Crippen molar-refractivity contribution in [3.63, 3.8) is 0 Å². The van der Waals surface area contributed by atoms with E-state index in [1.807, 2.05) is 0 Å². The Kier molecular flexibility index (Phi) is 10.9. The average Bonchev–Trinajstić information content (AvgIpc) is 1.88. The number of hydrogen-bond acceptors (Lipinski definition) is 0. The van der Waals surface area contributed by atoms with E-state index in [1.165, 1.54) is 183 Å². The highest BCUT2D eigenvalue weighted by atomic mass is 14.4. The first-order valence-corrected chi connectivity index (χ1v) is 30.4. The lowest BCUT2D eigenvalue weighted by Crippen LogP contribution is -2.15. The highest BCUT2D eigenvalue weighted by molar-refractivity contribution is 6.27. The average molecular weight is 1080 g/mol. The summed E-state index contributed by atoms with van der Waals surface area (Å²) in [6, 6.07) is 94.1. The van der Waals surface area contributed by atoms with E-state index in [0.717, 1.165) is 12.8 Å². The van der Waals surface area contributed by atoms with Gasteiger partial charge in [0.1, 0.15) is 0 Å². The van der Waals surface area contributed by atoms with Gasteiger partial charge in [0.15, 0.2) is 0 Å². The van der Waals surface area contributed by atoms with Crippen molar-refractivity contribution in [1.29, 1.82) is 0 Å². The highest BCUT2D eigenvalue weighted by Gasteiger charge is 2.37. The molecule has 0 atom stereocenters. The first-order valence-electron chi connectivity index (χ1n) is 30.4. The van der Waals surface area contributed by atoms with Crippen LogP contribution < -0.4 is 0 Å². The molecule has 0 fully saturated rings. The molecule has 85 heavy (non-hydrogen) atoms. The van der Waals surface area contributed by atoms with Gasteiger partial charge in [-0.25, -0.2) is 0 Å². The van der Waals surface area contributed by atoms with E-state index in [4.69, 9.17) is 0 Å². The minimum Gasteiger partial charge on any atom is -0.0759 e. The third-order valence-electron chi connectivity index (χ3n) is 19.7. The fraction of sp³-hybridized carbons (Fsp3) is 0.106. The first kappa shape index (κ1) is 49.7. The lowest BCUT2D eigenvalue weighted by Gasteiger charge is -2.32. The molecular weight excluding hydrogens is 1020 g/mol. The maximum absolute atomic E-state index is 2.48. The molecule has 0 spiro atoms. The van der Waals surface area contributed by atoms with Crippen molar-refractivity contribution in [2.24, 2.45) is 5.41 Å². The van der Waals surface area contributed by atoms with Crippen molar-refractivity contribution < 1.29 is 0 Å². The quantitative estimate of drug-likeness (QED) is 0.149. The monoisotopic (exact) mass is 1080 g/mol. The second-order valence-electron chi connectivity index (χ2n) is 25.8. The second-order valence-corrected chi connectivity index (χ2v) is 25.8. The smallest absolute Gasteiger partial charge is 0.0159 e. The van der Waals surface area contributed by atoms with Crippen molar-refractivity contribution >= 4 is 44.0 Å². The fourth-order valence-electron chi connectivity index (χ4n) is 15.3. The molecule has 0 radical (unpaired) electrons. The first-order chi connectivity index (χ1) is 41.5. The molecule has 13 aromatic rings. The van der Waals surface area contributed by atoms with Crippen LogP contribution >= 0.6 is 0 Å². The van der Waals surface area contributed by atoms with E-state index >= 15 is 0 Å². The molecule has 0 saturated carbocycles. The zero-order valence-corrected chi connectivity index (χ0v) is 48.7. The molecule has 0 saturated heterocycles. The van der Waals surface area contributed by atoms with Gasteiger partial charge in [-0.05, 0) is 207 Å². The molecule has 0 amide bonds. The van der Waals surface area contributed by atoms with Crippen molar-refractivity contribution in [3.8, 4) is 111 Å². The van der Waals surface area contributed by atoms with E-state index in [2.05, 4.69) is 295 Å². The zero-order chi connectivity index (χ0) is 56.9. The van der Waals surface area contributed by atoms with Crippen molar-refractivity contribution in [3.05, 3.63) is 288 Å². The van der Waals surface area contributed by atoms with Crippen LogP contribution in [0.5, 0.6) is 0 Å². The summed E-state index contributed by atoms with van der Waals surface area (Å²) in [6.07, 6.45) is 7.00. The molecule has 0 heteroatoms. The normalized spacial score (nSPS) is 14.1. The number of allylic oxidation sites excluding steroid dienone is 3. The number of hydrogen-bond donors (Lipinski definition) is 0. The lowest BCUT2D eigenvalue weighted by molar-refractivity contribution is 0.498. The van der Waals surface area contributed by atoms with Crippen LogP contribution in [0, 0.1) is 5.41 Å². The van der Waals surface area contributed by atoms with E-state index in [0.29, 0.717) is 0 Å². The Labute approximate surface area is 498 Å². The molecule has 0 aromatic heterocycles. The predicted molar refractivity (Wildman–Crippen MR) is 363 cm³/mol. The molecule has 4 aliphatic rings. The van der Waals surface area contributed by atoms with E-state index < -0.39 is 0 Å². The molecule has 0 N–H and O–H groups in total. The summed E-state index contributed by atoms with van der Waals surface area (Å²) >= 11 is 0. The summed E-state index contributed by atoms with van der Waals surface area (Å²) in [5.74, 6) is 0. The topological polar surface area (TPSA) is 0 Å². The van der Waals surface area contributed by atoms with Crippen LogP contribution in [-0.4, -0.2) is 0 Å². The van der Waals surface area contributed by atoms with Crippen LogP contribution in [0.25, 0.3) is 155 Å². The Bertz CT molecular complexity index is 5030. The number of fused-ring (bicyclic) bond motifs is 7. The Hall–Kier alpha value is -9.88. The van der Waals surface area contributed by atoms with Crippen LogP contribution in [0.4, 0.5) is 0 Å². The maximum atomic E-state index is 2.48. The van der Waals surface area contributed by atoms with E-state index in [1.54, 1.807) is 0 Å². The van der Waals surface area contributed by atoms with Gasteiger partial charge in [-0.1, -0.05) is 289 Å². The molecule has 0 unspecified atom stereocenters. The number of rotatable bonds is 7. The molecule has 4 aliphatic carbocycles. The third-order valence-corrected chi connectivity index (χ3v) is 19.7. The Morgan fingerprint density at radius 3 is 1.32 bits per heavy atom. The van der Waals surface area contributed by atoms with Gasteiger partial charge < -0.3 is 0 Å². The SMILES string of the molecule is CC(C)(C)C1=Cc2ccc3c(-c4ccc(-c5ccc6c(c5)C(C)(C)c5cc(-c7ccc(-c8ccc(-c9ccc(-c%10c%11c(c(-c%12ccccc%12)c%12ccccc%10%12)-c%10cccc%12cccc-%11c%10%12)cc9)cc8)cc7)ccc5-6)cc4)ccc4c3c2C(=CC4)C1. The van der Waals surface area contributed by atoms with Gasteiger partial charge in [-0.15, -0.1) is 0 Å². The van der Waals surface area contributed by atoms with Crippen LogP contribution in [0.2, 0.25) is 0 Å². The summed E-state index contributed by atoms with van der Waals surface area (Å²) in [5, 5.41) is 8.00. The summed E-state index contributed by atoms with van der Waals surface area (Å²) in [7, 11) is 0. The molecule has 13 aromatic carbocycles. The van der Waals surface area contributed by atoms with Crippen LogP contribution in [0.15, 0.2) is 260 Å². The summed E-state index contributed by atoms with van der Waals surface area (Å²) < 4.78 is 0. The lowest BCUT2D eigenvalue weighted by atomic mass is 9.72. The van der Waals surface area contributed by atoms with Crippen molar-refractivity contribution in [2.45, 2.75) is 52.9 Å². The van der Waals surface area contributed by atoms with Gasteiger partial charge in [0.05, 0.1) is 0 Å². The second kappa shape index (κ2) is 18.6.